The molecule has 0 radical (unpaired) electrons. The average Bonchev–Trinajstić information content (AvgIpc) is 2.52. The predicted octanol–water partition coefficient (Wildman–Crippen LogP) is 3.35. The highest BCUT2D eigenvalue weighted by atomic mass is 79.9. The number of hydrogen-bond donors (Lipinski definition) is 1. The molecule has 14 heavy (non-hydrogen) atoms. The van der Waals surface area contributed by atoms with Crippen molar-refractivity contribution < 1.29 is 5.11 Å². The van der Waals surface area contributed by atoms with Crippen LogP contribution in [0.5, 0.6) is 0 Å². The third-order valence-corrected chi connectivity index (χ3v) is 4.00. The van der Waals surface area contributed by atoms with E-state index in [1.807, 2.05) is 6.07 Å². The zero-order valence-corrected chi connectivity index (χ0v) is 9.29. The summed E-state index contributed by atoms with van der Waals surface area (Å²) in [7, 11) is 0. The standard InChI is InChI=1S/C12H11BrO/c13-10-5-4-7-6-11(14)9-3-1-2-8(10)12(7)9/h1-3,5,7,11,14H,4,6H2. The summed E-state index contributed by atoms with van der Waals surface area (Å²) < 4.78 is 1.18. The van der Waals surface area contributed by atoms with Gasteiger partial charge in [-0.25, -0.2) is 0 Å². The minimum absolute atomic E-state index is 0.248. The Morgan fingerprint density at radius 2 is 2.21 bits per heavy atom. The lowest BCUT2D eigenvalue weighted by Gasteiger charge is -2.18. The summed E-state index contributed by atoms with van der Waals surface area (Å²) in [6, 6.07) is 6.21. The minimum Gasteiger partial charge on any atom is -0.388 e. The van der Waals surface area contributed by atoms with Gasteiger partial charge in [0, 0.05) is 4.48 Å². The Labute approximate surface area is 91.6 Å². The number of hydrogen-bond acceptors (Lipinski definition) is 1. The smallest absolute Gasteiger partial charge is 0.0799 e. The van der Waals surface area contributed by atoms with Gasteiger partial charge in [-0.05, 0) is 35.4 Å². The van der Waals surface area contributed by atoms with Crippen molar-refractivity contribution in [2.24, 2.45) is 0 Å². The maximum atomic E-state index is 9.88. The minimum atomic E-state index is -0.248. The zero-order chi connectivity index (χ0) is 9.71. The average molecular weight is 251 g/mol. The third-order valence-electron chi connectivity index (χ3n) is 3.25. The monoisotopic (exact) mass is 250 g/mol. The first-order valence-corrected chi connectivity index (χ1v) is 5.73. The molecule has 0 amide bonds. The normalized spacial score (nSPS) is 28.6. The molecule has 2 aliphatic carbocycles. The van der Waals surface area contributed by atoms with E-state index in [1.54, 1.807) is 0 Å². The Balaban J connectivity index is 2.28. The van der Waals surface area contributed by atoms with Crippen molar-refractivity contribution in [2.75, 3.05) is 0 Å². The van der Waals surface area contributed by atoms with E-state index in [-0.39, 0.29) is 6.10 Å². The van der Waals surface area contributed by atoms with Gasteiger partial charge in [0.1, 0.15) is 0 Å². The summed E-state index contributed by atoms with van der Waals surface area (Å²) >= 11 is 3.58. The van der Waals surface area contributed by atoms with E-state index >= 15 is 0 Å². The molecule has 1 aromatic rings. The van der Waals surface area contributed by atoms with Gasteiger partial charge in [0.25, 0.3) is 0 Å². The van der Waals surface area contributed by atoms with Crippen molar-refractivity contribution in [2.45, 2.75) is 24.9 Å². The molecule has 1 N–H and O–H groups in total. The molecule has 0 fully saturated rings. The topological polar surface area (TPSA) is 20.2 Å². The van der Waals surface area contributed by atoms with E-state index in [0.717, 1.165) is 18.4 Å². The molecular weight excluding hydrogens is 240 g/mol. The summed E-state index contributed by atoms with van der Waals surface area (Å²) in [4.78, 5) is 0. The molecule has 0 saturated carbocycles. The molecule has 0 spiro atoms. The van der Waals surface area contributed by atoms with E-state index in [9.17, 15) is 5.11 Å². The lowest BCUT2D eigenvalue weighted by molar-refractivity contribution is 0.173. The van der Waals surface area contributed by atoms with Gasteiger partial charge in [-0.1, -0.05) is 40.2 Å². The Hall–Kier alpha value is -0.600. The number of allylic oxidation sites excluding steroid dienone is 1. The van der Waals surface area contributed by atoms with Crippen molar-refractivity contribution >= 4 is 20.4 Å². The van der Waals surface area contributed by atoms with Gasteiger partial charge < -0.3 is 5.11 Å². The van der Waals surface area contributed by atoms with Crippen molar-refractivity contribution in [1.82, 2.24) is 0 Å². The van der Waals surface area contributed by atoms with Crippen LogP contribution >= 0.6 is 15.9 Å². The fourth-order valence-electron chi connectivity index (χ4n) is 2.62. The molecule has 72 valence electrons. The van der Waals surface area contributed by atoms with Gasteiger partial charge in [-0.15, -0.1) is 0 Å². The Morgan fingerprint density at radius 1 is 1.36 bits per heavy atom. The van der Waals surface area contributed by atoms with E-state index in [1.165, 1.54) is 15.6 Å². The zero-order valence-electron chi connectivity index (χ0n) is 7.70. The molecule has 0 aliphatic heterocycles. The fourth-order valence-corrected chi connectivity index (χ4v) is 3.15. The van der Waals surface area contributed by atoms with Crippen LogP contribution in [-0.4, -0.2) is 5.11 Å². The molecular formula is C12H11BrO. The second-order valence-electron chi connectivity index (χ2n) is 4.04. The van der Waals surface area contributed by atoms with Gasteiger partial charge in [0.05, 0.1) is 6.10 Å². The van der Waals surface area contributed by atoms with Crippen LogP contribution in [0, 0.1) is 0 Å². The van der Waals surface area contributed by atoms with Crippen molar-refractivity contribution in [3.8, 4) is 0 Å². The van der Waals surface area contributed by atoms with Crippen LogP contribution in [0.2, 0.25) is 0 Å². The first kappa shape index (κ1) is 8.69. The number of aliphatic hydroxyl groups excluding tert-OH is 1. The highest BCUT2D eigenvalue weighted by Gasteiger charge is 2.33. The molecule has 2 atom stereocenters. The van der Waals surface area contributed by atoms with Gasteiger partial charge >= 0.3 is 0 Å². The SMILES string of the molecule is OC1CC2CC=C(Br)c3cccc1c32. The number of halogens is 1. The van der Waals surface area contributed by atoms with E-state index < -0.39 is 0 Å². The van der Waals surface area contributed by atoms with Gasteiger partial charge in [-0.2, -0.15) is 0 Å². The van der Waals surface area contributed by atoms with Gasteiger partial charge in [-0.3, -0.25) is 0 Å². The number of benzene rings is 1. The molecule has 2 unspecified atom stereocenters. The van der Waals surface area contributed by atoms with Crippen LogP contribution in [0.4, 0.5) is 0 Å². The third kappa shape index (κ3) is 1.04. The Kier molecular flexibility index (Phi) is 1.83. The van der Waals surface area contributed by atoms with Crippen LogP contribution < -0.4 is 0 Å². The molecule has 1 aromatic carbocycles. The molecule has 2 aliphatic rings. The molecule has 0 heterocycles. The molecule has 0 aromatic heterocycles. The van der Waals surface area contributed by atoms with Crippen molar-refractivity contribution in [1.29, 1.82) is 0 Å². The van der Waals surface area contributed by atoms with Crippen LogP contribution in [-0.2, 0) is 0 Å². The van der Waals surface area contributed by atoms with Crippen molar-refractivity contribution in [3.05, 3.63) is 41.0 Å². The molecule has 1 nitrogen and oxygen atoms in total. The lowest BCUT2D eigenvalue weighted by Crippen LogP contribution is -2.00. The number of aliphatic hydroxyl groups is 1. The first-order chi connectivity index (χ1) is 6.77. The summed E-state index contributed by atoms with van der Waals surface area (Å²) in [6.45, 7) is 0. The van der Waals surface area contributed by atoms with E-state index in [0.29, 0.717) is 5.92 Å². The van der Waals surface area contributed by atoms with Crippen LogP contribution in [0.15, 0.2) is 24.3 Å². The highest BCUT2D eigenvalue weighted by Crippen LogP contribution is 2.49. The van der Waals surface area contributed by atoms with E-state index in [4.69, 9.17) is 0 Å². The van der Waals surface area contributed by atoms with Crippen molar-refractivity contribution in [3.63, 3.8) is 0 Å². The summed E-state index contributed by atoms with van der Waals surface area (Å²) in [5.41, 5.74) is 3.78. The first-order valence-electron chi connectivity index (χ1n) is 4.94. The molecule has 0 bridgehead atoms. The number of rotatable bonds is 0. The largest absolute Gasteiger partial charge is 0.388 e. The molecule has 3 rings (SSSR count). The van der Waals surface area contributed by atoms with Gasteiger partial charge in [0.2, 0.25) is 0 Å². The predicted molar refractivity (Wildman–Crippen MR) is 60.3 cm³/mol. The van der Waals surface area contributed by atoms with Crippen LogP contribution in [0.1, 0.15) is 41.6 Å². The second kappa shape index (κ2) is 2.94. The van der Waals surface area contributed by atoms with E-state index in [2.05, 4.69) is 34.1 Å². The molecule has 0 saturated heterocycles. The summed E-state index contributed by atoms with van der Waals surface area (Å²) in [5, 5.41) is 9.88. The van der Waals surface area contributed by atoms with Crippen LogP contribution in [0.3, 0.4) is 0 Å². The van der Waals surface area contributed by atoms with Gasteiger partial charge in [0.15, 0.2) is 0 Å². The lowest BCUT2D eigenvalue weighted by atomic mass is 9.89. The summed E-state index contributed by atoms with van der Waals surface area (Å²) in [5.74, 6) is 0.539. The molecule has 2 heteroatoms. The maximum Gasteiger partial charge on any atom is 0.0799 e. The van der Waals surface area contributed by atoms with Crippen LogP contribution in [0.25, 0.3) is 4.48 Å². The summed E-state index contributed by atoms with van der Waals surface area (Å²) in [6.07, 6.45) is 3.92. The fraction of sp³-hybridized carbons (Fsp3) is 0.333. The quantitative estimate of drug-likeness (QED) is 0.749. The highest BCUT2D eigenvalue weighted by molar-refractivity contribution is 9.15. The Bertz CT molecular complexity index is 422. The maximum absolute atomic E-state index is 9.88. The second-order valence-corrected chi connectivity index (χ2v) is 4.90. The Morgan fingerprint density at radius 3 is 3.07 bits per heavy atom.